The Morgan fingerprint density at radius 1 is 1.00 bits per heavy atom. The summed E-state index contributed by atoms with van der Waals surface area (Å²) in [4.78, 5) is 37.0. The quantitative estimate of drug-likeness (QED) is 0.506. The van der Waals surface area contributed by atoms with Gasteiger partial charge in [-0.25, -0.2) is 4.79 Å². The lowest BCUT2D eigenvalue weighted by molar-refractivity contribution is 0.0600. The molecule has 2 amide bonds. The third kappa shape index (κ3) is 5.57. The van der Waals surface area contributed by atoms with Crippen molar-refractivity contribution in [1.29, 1.82) is 0 Å². The minimum absolute atomic E-state index is 0.141. The molecule has 3 rings (SSSR count). The Morgan fingerprint density at radius 3 is 2.39 bits per heavy atom. The Balaban J connectivity index is 1.77. The van der Waals surface area contributed by atoms with E-state index in [-0.39, 0.29) is 35.5 Å². The summed E-state index contributed by atoms with van der Waals surface area (Å²) in [6.07, 6.45) is 0. The highest BCUT2D eigenvalue weighted by molar-refractivity contribution is 6.05. The zero-order valence-corrected chi connectivity index (χ0v) is 17.6. The van der Waals surface area contributed by atoms with E-state index in [0.717, 1.165) is 5.69 Å². The Morgan fingerprint density at radius 2 is 1.74 bits per heavy atom. The van der Waals surface area contributed by atoms with Crippen molar-refractivity contribution in [3.8, 4) is 0 Å². The van der Waals surface area contributed by atoms with Gasteiger partial charge in [-0.2, -0.15) is 5.10 Å². The van der Waals surface area contributed by atoms with E-state index in [1.807, 2.05) is 19.9 Å². The molecule has 0 saturated carbocycles. The second-order valence-corrected chi connectivity index (χ2v) is 7.28. The second kappa shape index (κ2) is 9.71. The standard InChI is InChI=1S/C23H24N4O4/c1-14(2)19-12-20(27-26-19)22(29)24-13-15-9-17(23(30)31-3)11-18(10-15)25-21(28)16-7-5-4-6-8-16/h4-12,14H,13H2,1-3H3,(H,24,29)(H,25,28)(H,26,27). The van der Waals surface area contributed by atoms with Crippen LogP contribution in [0.5, 0.6) is 0 Å². The predicted octanol–water partition coefficient (Wildman–Crippen LogP) is 3.50. The van der Waals surface area contributed by atoms with E-state index in [9.17, 15) is 14.4 Å². The summed E-state index contributed by atoms with van der Waals surface area (Å²) >= 11 is 0. The number of aromatic amines is 1. The van der Waals surface area contributed by atoms with E-state index in [1.54, 1.807) is 42.5 Å². The molecule has 3 N–H and O–H groups in total. The van der Waals surface area contributed by atoms with Crippen LogP contribution in [0.25, 0.3) is 0 Å². The van der Waals surface area contributed by atoms with Gasteiger partial charge in [-0.3, -0.25) is 14.7 Å². The number of benzene rings is 2. The van der Waals surface area contributed by atoms with Crippen LogP contribution in [-0.4, -0.2) is 35.1 Å². The van der Waals surface area contributed by atoms with E-state index >= 15 is 0 Å². The van der Waals surface area contributed by atoms with Crippen molar-refractivity contribution in [3.63, 3.8) is 0 Å². The van der Waals surface area contributed by atoms with E-state index in [4.69, 9.17) is 4.74 Å². The number of rotatable bonds is 7. The Labute approximate surface area is 180 Å². The summed E-state index contributed by atoms with van der Waals surface area (Å²) in [7, 11) is 1.28. The number of carbonyl (C=O) groups is 3. The lowest BCUT2D eigenvalue weighted by Gasteiger charge is -2.11. The first kappa shape index (κ1) is 21.8. The fourth-order valence-electron chi connectivity index (χ4n) is 2.92. The molecule has 0 aliphatic carbocycles. The van der Waals surface area contributed by atoms with Gasteiger partial charge in [-0.15, -0.1) is 0 Å². The summed E-state index contributed by atoms with van der Waals surface area (Å²) in [6, 6.07) is 15.3. The largest absolute Gasteiger partial charge is 0.465 e. The molecule has 2 aromatic carbocycles. The minimum atomic E-state index is -0.544. The normalized spacial score (nSPS) is 10.6. The Bertz CT molecular complexity index is 1090. The first-order valence-corrected chi connectivity index (χ1v) is 9.79. The second-order valence-electron chi connectivity index (χ2n) is 7.28. The predicted molar refractivity (Wildman–Crippen MR) is 116 cm³/mol. The molecule has 0 aliphatic heterocycles. The van der Waals surface area contributed by atoms with Gasteiger partial charge in [0.05, 0.1) is 12.7 Å². The third-order valence-electron chi connectivity index (χ3n) is 4.61. The lowest BCUT2D eigenvalue weighted by atomic mass is 10.1. The fourth-order valence-corrected chi connectivity index (χ4v) is 2.92. The monoisotopic (exact) mass is 420 g/mol. The number of anilines is 1. The van der Waals surface area contributed by atoms with Crippen molar-refractivity contribution < 1.29 is 19.1 Å². The summed E-state index contributed by atoms with van der Waals surface area (Å²) in [6.45, 7) is 4.14. The molecule has 0 saturated heterocycles. The molecule has 0 bridgehead atoms. The molecule has 0 fully saturated rings. The van der Waals surface area contributed by atoms with Crippen LogP contribution >= 0.6 is 0 Å². The van der Waals surface area contributed by atoms with Crippen LogP contribution in [0.4, 0.5) is 5.69 Å². The molecule has 0 aliphatic rings. The molecule has 31 heavy (non-hydrogen) atoms. The summed E-state index contributed by atoms with van der Waals surface area (Å²) in [5, 5.41) is 12.4. The van der Waals surface area contributed by atoms with Crippen molar-refractivity contribution >= 4 is 23.5 Å². The number of esters is 1. The lowest BCUT2D eigenvalue weighted by Crippen LogP contribution is -2.23. The number of carbonyl (C=O) groups excluding carboxylic acids is 3. The highest BCUT2D eigenvalue weighted by Crippen LogP contribution is 2.18. The molecule has 8 nitrogen and oxygen atoms in total. The van der Waals surface area contributed by atoms with Crippen molar-refractivity contribution in [3.05, 3.63) is 82.7 Å². The van der Waals surface area contributed by atoms with Crippen molar-refractivity contribution in [2.75, 3.05) is 12.4 Å². The minimum Gasteiger partial charge on any atom is -0.465 e. The van der Waals surface area contributed by atoms with Crippen molar-refractivity contribution in [1.82, 2.24) is 15.5 Å². The van der Waals surface area contributed by atoms with Crippen LogP contribution in [0, 0.1) is 0 Å². The number of ether oxygens (including phenoxy) is 1. The molecule has 160 valence electrons. The molecule has 0 spiro atoms. The first-order chi connectivity index (χ1) is 14.9. The molecule has 8 heteroatoms. The maximum Gasteiger partial charge on any atom is 0.337 e. The molecule has 0 radical (unpaired) electrons. The molecule has 0 atom stereocenters. The number of hydrogen-bond donors (Lipinski definition) is 3. The van der Waals surface area contributed by atoms with Crippen LogP contribution in [0.1, 0.15) is 62.2 Å². The maximum absolute atomic E-state index is 12.5. The van der Waals surface area contributed by atoms with Crippen LogP contribution in [0.15, 0.2) is 54.6 Å². The fraction of sp³-hybridized carbons (Fsp3) is 0.217. The SMILES string of the molecule is COC(=O)c1cc(CNC(=O)c2cc(C(C)C)[nH]n2)cc(NC(=O)c2ccccc2)c1. The van der Waals surface area contributed by atoms with Gasteiger partial charge >= 0.3 is 5.97 Å². The summed E-state index contributed by atoms with van der Waals surface area (Å²) in [5.74, 6) is -0.976. The number of hydrogen-bond acceptors (Lipinski definition) is 5. The van der Waals surface area contributed by atoms with Crippen LogP contribution in [0.3, 0.4) is 0 Å². The van der Waals surface area contributed by atoms with E-state index in [2.05, 4.69) is 20.8 Å². The smallest absolute Gasteiger partial charge is 0.337 e. The zero-order valence-electron chi connectivity index (χ0n) is 17.6. The number of nitrogens with one attached hydrogen (secondary N) is 3. The average molecular weight is 420 g/mol. The first-order valence-electron chi connectivity index (χ1n) is 9.79. The number of aromatic nitrogens is 2. The number of H-pyrrole nitrogens is 1. The van der Waals surface area contributed by atoms with Crippen LogP contribution in [-0.2, 0) is 11.3 Å². The topological polar surface area (TPSA) is 113 Å². The van der Waals surface area contributed by atoms with Gasteiger partial charge in [0, 0.05) is 23.5 Å². The molecule has 3 aromatic rings. The highest BCUT2D eigenvalue weighted by atomic mass is 16.5. The van der Waals surface area contributed by atoms with Gasteiger partial charge in [0.1, 0.15) is 5.69 Å². The van der Waals surface area contributed by atoms with Gasteiger partial charge in [0.15, 0.2) is 0 Å². The van der Waals surface area contributed by atoms with Crippen molar-refractivity contribution in [2.45, 2.75) is 26.3 Å². The van der Waals surface area contributed by atoms with Gasteiger partial charge in [0.25, 0.3) is 11.8 Å². The van der Waals surface area contributed by atoms with E-state index < -0.39 is 5.97 Å². The molecular formula is C23H24N4O4. The molecule has 1 heterocycles. The van der Waals surface area contributed by atoms with Gasteiger partial charge in [-0.05, 0) is 47.9 Å². The number of amides is 2. The van der Waals surface area contributed by atoms with Crippen molar-refractivity contribution in [2.24, 2.45) is 0 Å². The van der Waals surface area contributed by atoms with E-state index in [1.165, 1.54) is 13.2 Å². The molecule has 0 unspecified atom stereocenters. The average Bonchev–Trinajstić information content (AvgIpc) is 3.28. The third-order valence-corrected chi connectivity index (χ3v) is 4.61. The van der Waals surface area contributed by atoms with Crippen LogP contribution < -0.4 is 10.6 Å². The number of methoxy groups -OCH3 is 1. The zero-order chi connectivity index (χ0) is 22.4. The van der Waals surface area contributed by atoms with Gasteiger partial charge < -0.3 is 15.4 Å². The van der Waals surface area contributed by atoms with Gasteiger partial charge in [-0.1, -0.05) is 32.0 Å². The van der Waals surface area contributed by atoms with E-state index in [0.29, 0.717) is 16.8 Å². The summed E-state index contributed by atoms with van der Waals surface area (Å²) in [5.41, 5.74) is 2.94. The Hall–Kier alpha value is -3.94. The molecular weight excluding hydrogens is 396 g/mol. The van der Waals surface area contributed by atoms with Crippen LogP contribution in [0.2, 0.25) is 0 Å². The number of nitrogens with zero attached hydrogens (tertiary/aromatic N) is 1. The summed E-state index contributed by atoms with van der Waals surface area (Å²) < 4.78 is 4.80. The van der Waals surface area contributed by atoms with Gasteiger partial charge in [0.2, 0.25) is 0 Å². The Kier molecular flexibility index (Phi) is 6.81. The highest BCUT2D eigenvalue weighted by Gasteiger charge is 2.15. The maximum atomic E-state index is 12.5. The molecule has 1 aromatic heterocycles.